The van der Waals surface area contributed by atoms with Crippen molar-refractivity contribution in [3.63, 3.8) is 0 Å². The second kappa shape index (κ2) is 7.51. The molecule has 0 spiro atoms. The molecule has 2 aromatic rings. The summed E-state index contributed by atoms with van der Waals surface area (Å²) >= 11 is 0. The lowest BCUT2D eigenvalue weighted by Gasteiger charge is -2.16. The number of ether oxygens (including phenoxy) is 1. The first-order chi connectivity index (χ1) is 12.0. The summed E-state index contributed by atoms with van der Waals surface area (Å²) in [6.45, 7) is 2.65. The van der Waals surface area contributed by atoms with Crippen LogP contribution in [0.4, 0.5) is 0 Å². The number of fused-ring (bicyclic) bond motifs is 1. The lowest BCUT2D eigenvalue weighted by Crippen LogP contribution is -2.46. The number of amides is 1. The van der Waals surface area contributed by atoms with Gasteiger partial charge in [-0.15, -0.1) is 0 Å². The molecule has 134 valence electrons. The van der Waals surface area contributed by atoms with E-state index in [0.717, 1.165) is 23.6 Å². The van der Waals surface area contributed by atoms with E-state index in [4.69, 9.17) is 4.74 Å². The number of hydrogen-bond acceptors (Lipinski definition) is 4. The maximum absolute atomic E-state index is 12.5. The lowest BCUT2D eigenvalue weighted by atomic mass is 10.1. The van der Waals surface area contributed by atoms with Gasteiger partial charge in [-0.05, 0) is 42.7 Å². The zero-order valence-electron chi connectivity index (χ0n) is 14.1. The Kier molecular flexibility index (Phi) is 5.36. The highest BCUT2D eigenvalue weighted by molar-refractivity contribution is 7.89. The molecule has 1 saturated heterocycles. The van der Waals surface area contributed by atoms with E-state index in [9.17, 15) is 13.2 Å². The third-order valence-electron chi connectivity index (χ3n) is 4.28. The summed E-state index contributed by atoms with van der Waals surface area (Å²) in [6, 6.07) is 11.6. The molecular formula is C18H22N2O4S. The minimum atomic E-state index is -3.78. The molecule has 0 bridgehead atoms. The molecule has 3 rings (SSSR count). The van der Waals surface area contributed by atoms with Gasteiger partial charge in [0, 0.05) is 13.2 Å². The average molecular weight is 362 g/mol. The molecule has 2 N–H and O–H groups in total. The fourth-order valence-electron chi connectivity index (χ4n) is 2.86. The molecule has 0 aliphatic carbocycles. The molecule has 1 aliphatic rings. The molecular weight excluding hydrogens is 340 g/mol. The van der Waals surface area contributed by atoms with E-state index >= 15 is 0 Å². The molecule has 0 aromatic heterocycles. The van der Waals surface area contributed by atoms with Gasteiger partial charge in [-0.3, -0.25) is 4.79 Å². The van der Waals surface area contributed by atoms with Crippen molar-refractivity contribution in [2.24, 2.45) is 0 Å². The number of sulfonamides is 1. The molecule has 0 saturated carbocycles. The highest BCUT2D eigenvalue weighted by atomic mass is 32.2. The maximum Gasteiger partial charge on any atom is 0.241 e. The van der Waals surface area contributed by atoms with Crippen molar-refractivity contribution < 1.29 is 17.9 Å². The first-order valence-corrected chi connectivity index (χ1v) is 9.84. The highest BCUT2D eigenvalue weighted by Crippen LogP contribution is 2.19. The summed E-state index contributed by atoms with van der Waals surface area (Å²) in [7, 11) is -3.78. The minimum absolute atomic E-state index is 0.0215. The second-order valence-corrected chi connectivity index (χ2v) is 7.95. The molecule has 2 aromatic carbocycles. The summed E-state index contributed by atoms with van der Waals surface area (Å²) in [6.07, 6.45) is 1.93. The standard InChI is InChI=1S/C18H22N2O4S/c1-13(18(21)19-12-16-7-4-10-24-16)20-25(22,23)17-9-8-14-5-2-3-6-15(14)11-17/h2-3,5-6,8-9,11,13,16,20H,4,7,10,12H2,1H3,(H,19,21)/t13-,16+/m1/s1. The van der Waals surface area contributed by atoms with Gasteiger partial charge >= 0.3 is 0 Å². The molecule has 0 radical (unpaired) electrons. The van der Waals surface area contributed by atoms with E-state index in [1.165, 1.54) is 6.92 Å². The van der Waals surface area contributed by atoms with Gasteiger partial charge in [0.05, 0.1) is 17.0 Å². The molecule has 6 nitrogen and oxygen atoms in total. The van der Waals surface area contributed by atoms with E-state index in [1.54, 1.807) is 18.2 Å². The van der Waals surface area contributed by atoms with Gasteiger partial charge in [0.25, 0.3) is 0 Å². The Hall–Kier alpha value is -1.96. The summed E-state index contributed by atoms with van der Waals surface area (Å²) in [5.74, 6) is -0.361. The molecule has 1 heterocycles. The van der Waals surface area contributed by atoms with Crippen molar-refractivity contribution in [2.45, 2.75) is 36.8 Å². The van der Waals surface area contributed by atoms with Crippen LogP contribution in [0.25, 0.3) is 10.8 Å². The Morgan fingerprint density at radius 1 is 1.24 bits per heavy atom. The van der Waals surface area contributed by atoms with E-state index < -0.39 is 16.1 Å². The summed E-state index contributed by atoms with van der Waals surface area (Å²) in [5.41, 5.74) is 0. The Morgan fingerprint density at radius 2 is 2.00 bits per heavy atom. The molecule has 25 heavy (non-hydrogen) atoms. The molecule has 1 amide bonds. The lowest BCUT2D eigenvalue weighted by molar-refractivity contribution is -0.122. The third kappa shape index (κ3) is 4.36. The Bertz CT molecular complexity index is 860. The number of nitrogens with one attached hydrogen (secondary N) is 2. The smallest absolute Gasteiger partial charge is 0.241 e. The topological polar surface area (TPSA) is 84.5 Å². The fourth-order valence-corrected chi connectivity index (χ4v) is 4.10. The van der Waals surface area contributed by atoms with Crippen LogP contribution in [-0.4, -0.2) is 39.6 Å². The molecule has 1 aliphatic heterocycles. The Labute approximate surface area is 147 Å². The van der Waals surface area contributed by atoms with Crippen LogP contribution in [0.3, 0.4) is 0 Å². The van der Waals surface area contributed by atoms with E-state index in [0.29, 0.717) is 13.2 Å². The summed E-state index contributed by atoms with van der Waals surface area (Å²) < 4.78 is 32.9. The fraction of sp³-hybridized carbons (Fsp3) is 0.389. The maximum atomic E-state index is 12.5. The first kappa shape index (κ1) is 17.8. The van der Waals surface area contributed by atoms with E-state index in [1.807, 2.05) is 24.3 Å². The molecule has 0 unspecified atom stereocenters. The van der Waals surface area contributed by atoms with Crippen molar-refractivity contribution in [3.05, 3.63) is 42.5 Å². The zero-order chi connectivity index (χ0) is 17.9. The average Bonchev–Trinajstić information content (AvgIpc) is 3.12. The van der Waals surface area contributed by atoms with E-state index in [-0.39, 0.29) is 16.9 Å². The van der Waals surface area contributed by atoms with Crippen LogP contribution in [0.1, 0.15) is 19.8 Å². The number of rotatable bonds is 6. The van der Waals surface area contributed by atoms with Crippen LogP contribution >= 0.6 is 0 Å². The SMILES string of the molecule is C[C@@H](NS(=O)(=O)c1ccc2ccccc2c1)C(=O)NC[C@@H]1CCCO1. The largest absolute Gasteiger partial charge is 0.376 e. The van der Waals surface area contributed by atoms with Crippen molar-refractivity contribution in [1.29, 1.82) is 0 Å². The first-order valence-electron chi connectivity index (χ1n) is 8.36. The van der Waals surface area contributed by atoms with Gasteiger partial charge < -0.3 is 10.1 Å². The number of benzene rings is 2. The van der Waals surface area contributed by atoms with Gasteiger partial charge in [-0.2, -0.15) is 4.72 Å². The van der Waals surface area contributed by atoms with Gasteiger partial charge in [0.15, 0.2) is 0 Å². The van der Waals surface area contributed by atoms with Crippen LogP contribution < -0.4 is 10.0 Å². The quantitative estimate of drug-likeness (QED) is 0.821. The van der Waals surface area contributed by atoms with Crippen molar-refractivity contribution in [2.75, 3.05) is 13.2 Å². The second-order valence-electron chi connectivity index (χ2n) is 6.23. The van der Waals surface area contributed by atoms with Crippen molar-refractivity contribution in [1.82, 2.24) is 10.0 Å². The van der Waals surface area contributed by atoms with Crippen molar-refractivity contribution in [3.8, 4) is 0 Å². The summed E-state index contributed by atoms with van der Waals surface area (Å²) in [4.78, 5) is 12.3. The number of carbonyl (C=O) groups excluding carboxylic acids is 1. The van der Waals surface area contributed by atoms with Crippen molar-refractivity contribution >= 4 is 26.7 Å². The minimum Gasteiger partial charge on any atom is -0.376 e. The predicted molar refractivity (Wildman–Crippen MR) is 95.7 cm³/mol. The Balaban J connectivity index is 1.65. The number of carbonyl (C=O) groups is 1. The van der Waals surface area contributed by atoms with E-state index in [2.05, 4.69) is 10.0 Å². The van der Waals surface area contributed by atoms with Gasteiger partial charge in [-0.25, -0.2) is 8.42 Å². The third-order valence-corrected chi connectivity index (χ3v) is 5.82. The van der Waals surface area contributed by atoms with Crippen LogP contribution in [0.15, 0.2) is 47.4 Å². The normalized spacial score (nSPS) is 19.0. The molecule has 1 fully saturated rings. The van der Waals surface area contributed by atoms with Crippen LogP contribution in [0.2, 0.25) is 0 Å². The number of hydrogen-bond donors (Lipinski definition) is 2. The monoisotopic (exact) mass is 362 g/mol. The van der Waals surface area contributed by atoms with Gasteiger partial charge in [0.1, 0.15) is 0 Å². The highest BCUT2D eigenvalue weighted by Gasteiger charge is 2.23. The summed E-state index contributed by atoms with van der Waals surface area (Å²) in [5, 5.41) is 4.53. The predicted octanol–water partition coefficient (Wildman–Crippen LogP) is 1.80. The van der Waals surface area contributed by atoms with Crippen LogP contribution in [-0.2, 0) is 19.6 Å². The van der Waals surface area contributed by atoms with Gasteiger partial charge in [-0.1, -0.05) is 30.3 Å². The van der Waals surface area contributed by atoms with Gasteiger partial charge in [0.2, 0.25) is 15.9 Å². The molecule has 2 atom stereocenters. The van der Waals surface area contributed by atoms with Crippen LogP contribution in [0.5, 0.6) is 0 Å². The Morgan fingerprint density at radius 3 is 2.72 bits per heavy atom. The van der Waals surface area contributed by atoms with Crippen LogP contribution in [0, 0.1) is 0 Å². The zero-order valence-corrected chi connectivity index (χ0v) is 14.9. The molecule has 7 heteroatoms.